The Morgan fingerprint density at radius 2 is 2.25 bits per heavy atom. The lowest BCUT2D eigenvalue weighted by atomic mass is 10.2. The van der Waals surface area contributed by atoms with Crippen LogP contribution in [-0.4, -0.2) is 16.4 Å². The molecule has 0 fully saturated rings. The SMILES string of the molecule is c1cc2c(cc1NCc1csnn1)OCO2. The maximum Gasteiger partial charge on any atom is 0.231 e. The quantitative estimate of drug-likeness (QED) is 0.880. The predicted octanol–water partition coefficient (Wildman–Crippen LogP) is 1.88. The number of hydrogen-bond donors (Lipinski definition) is 1. The van der Waals surface area contributed by atoms with Gasteiger partial charge in [-0.1, -0.05) is 4.49 Å². The number of nitrogens with zero attached hydrogens (tertiary/aromatic N) is 2. The molecule has 16 heavy (non-hydrogen) atoms. The van der Waals surface area contributed by atoms with Gasteiger partial charge in [0.25, 0.3) is 0 Å². The van der Waals surface area contributed by atoms with Crippen molar-refractivity contribution in [2.75, 3.05) is 12.1 Å². The van der Waals surface area contributed by atoms with E-state index in [9.17, 15) is 0 Å². The minimum absolute atomic E-state index is 0.300. The molecule has 0 amide bonds. The monoisotopic (exact) mass is 235 g/mol. The summed E-state index contributed by atoms with van der Waals surface area (Å²) in [5.41, 5.74) is 1.92. The van der Waals surface area contributed by atoms with Gasteiger partial charge in [0.05, 0.1) is 12.2 Å². The third-order valence-electron chi connectivity index (χ3n) is 2.25. The average molecular weight is 235 g/mol. The highest BCUT2D eigenvalue weighted by Gasteiger charge is 2.12. The summed E-state index contributed by atoms with van der Waals surface area (Å²) in [6, 6.07) is 5.76. The molecule has 0 spiro atoms. The second-order valence-corrected chi connectivity index (χ2v) is 3.93. The van der Waals surface area contributed by atoms with Crippen LogP contribution in [0.3, 0.4) is 0 Å². The Labute approximate surface area is 96.2 Å². The van der Waals surface area contributed by atoms with Crippen LogP contribution in [0.4, 0.5) is 5.69 Å². The molecule has 2 heterocycles. The zero-order chi connectivity index (χ0) is 10.8. The van der Waals surface area contributed by atoms with Crippen LogP contribution in [0.2, 0.25) is 0 Å². The molecule has 5 nitrogen and oxygen atoms in total. The number of nitrogens with one attached hydrogen (secondary N) is 1. The van der Waals surface area contributed by atoms with Crippen molar-refractivity contribution in [1.29, 1.82) is 0 Å². The largest absolute Gasteiger partial charge is 0.454 e. The van der Waals surface area contributed by atoms with Crippen LogP contribution < -0.4 is 14.8 Å². The van der Waals surface area contributed by atoms with E-state index in [1.54, 1.807) is 0 Å². The molecule has 1 aliphatic rings. The van der Waals surface area contributed by atoms with Crippen molar-refractivity contribution >= 4 is 17.2 Å². The van der Waals surface area contributed by atoms with Crippen LogP contribution in [0.25, 0.3) is 0 Å². The minimum Gasteiger partial charge on any atom is -0.454 e. The molecule has 1 aromatic carbocycles. The van der Waals surface area contributed by atoms with Crippen LogP contribution in [0.15, 0.2) is 23.6 Å². The molecular weight excluding hydrogens is 226 g/mol. The summed E-state index contributed by atoms with van der Waals surface area (Å²) in [7, 11) is 0. The van der Waals surface area contributed by atoms with Crippen molar-refractivity contribution in [3.8, 4) is 11.5 Å². The fourth-order valence-electron chi connectivity index (χ4n) is 1.46. The van der Waals surface area contributed by atoms with Gasteiger partial charge in [-0.05, 0) is 23.7 Å². The summed E-state index contributed by atoms with van der Waals surface area (Å²) in [6.07, 6.45) is 0. The summed E-state index contributed by atoms with van der Waals surface area (Å²) in [4.78, 5) is 0. The third kappa shape index (κ3) is 1.79. The van der Waals surface area contributed by atoms with Crippen LogP contribution >= 0.6 is 11.5 Å². The number of rotatable bonds is 3. The van der Waals surface area contributed by atoms with Crippen molar-refractivity contribution in [2.45, 2.75) is 6.54 Å². The van der Waals surface area contributed by atoms with Gasteiger partial charge in [0.15, 0.2) is 11.5 Å². The molecule has 1 aromatic heterocycles. The summed E-state index contributed by atoms with van der Waals surface area (Å²) in [5, 5.41) is 9.12. The first-order valence-electron chi connectivity index (χ1n) is 4.81. The number of ether oxygens (including phenoxy) is 2. The number of benzene rings is 1. The van der Waals surface area contributed by atoms with E-state index < -0.39 is 0 Å². The maximum atomic E-state index is 5.29. The highest BCUT2D eigenvalue weighted by molar-refractivity contribution is 7.03. The zero-order valence-corrected chi connectivity index (χ0v) is 9.16. The van der Waals surface area contributed by atoms with E-state index in [0.29, 0.717) is 13.3 Å². The molecule has 3 rings (SSSR count). The molecular formula is C10H9N3O2S. The van der Waals surface area contributed by atoms with Gasteiger partial charge in [-0.2, -0.15) is 0 Å². The van der Waals surface area contributed by atoms with Gasteiger partial charge in [0, 0.05) is 17.1 Å². The average Bonchev–Trinajstić information content (AvgIpc) is 2.97. The number of fused-ring (bicyclic) bond motifs is 1. The van der Waals surface area contributed by atoms with Gasteiger partial charge >= 0.3 is 0 Å². The molecule has 0 atom stereocenters. The molecule has 6 heteroatoms. The summed E-state index contributed by atoms with van der Waals surface area (Å²) < 4.78 is 14.3. The number of aromatic nitrogens is 2. The molecule has 0 saturated heterocycles. The Morgan fingerprint density at radius 3 is 3.12 bits per heavy atom. The van der Waals surface area contributed by atoms with Gasteiger partial charge in [-0.15, -0.1) is 5.10 Å². The van der Waals surface area contributed by atoms with Crippen molar-refractivity contribution in [3.63, 3.8) is 0 Å². The fraction of sp³-hybridized carbons (Fsp3) is 0.200. The number of anilines is 1. The minimum atomic E-state index is 0.300. The lowest BCUT2D eigenvalue weighted by Crippen LogP contribution is -1.99. The van der Waals surface area contributed by atoms with Crippen LogP contribution in [-0.2, 0) is 6.54 Å². The Bertz CT molecular complexity index is 487. The maximum absolute atomic E-state index is 5.29. The van der Waals surface area contributed by atoms with Gasteiger partial charge < -0.3 is 14.8 Å². The van der Waals surface area contributed by atoms with E-state index in [4.69, 9.17) is 9.47 Å². The Hall–Kier alpha value is -1.82. The smallest absolute Gasteiger partial charge is 0.231 e. The molecule has 0 saturated carbocycles. The Balaban J connectivity index is 1.71. The summed E-state index contributed by atoms with van der Waals surface area (Å²) >= 11 is 1.35. The second-order valence-electron chi connectivity index (χ2n) is 3.32. The Kier molecular flexibility index (Phi) is 2.34. The van der Waals surface area contributed by atoms with Crippen LogP contribution in [0.1, 0.15) is 5.69 Å². The van der Waals surface area contributed by atoms with E-state index in [0.717, 1.165) is 22.9 Å². The molecule has 0 unspecified atom stereocenters. The van der Waals surface area contributed by atoms with Crippen LogP contribution in [0, 0.1) is 0 Å². The van der Waals surface area contributed by atoms with E-state index >= 15 is 0 Å². The molecule has 82 valence electrons. The molecule has 0 radical (unpaired) electrons. The van der Waals surface area contributed by atoms with E-state index in [1.165, 1.54) is 11.5 Å². The summed E-state index contributed by atoms with van der Waals surface area (Å²) in [6.45, 7) is 0.963. The first-order chi connectivity index (χ1) is 7.92. The van der Waals surface area contributed by atoms with Gasteiger partial charge in [0.2, 0.25) is 6.79 Å². The van der Waals surface area contributed by atoms with Crippen molar-refractivity contribution in [2.24, 2.45) is 0 Å². The molecule has 1 aliphatic heterocycles. The molecule has 2 aromatic rings. The van der Waals surface area contributed by atoms with E-state index in [1.807, 2.05) is 23.6 Å². The second kappa shape index (κ2) is 3.97. The van der Waals surface area contributed by atoms with Gasteiger partial charge in [0.1, 0.15) is 0 Å². The zero-order valence-electron chi connectivity index (χ0n) is 8.34. The first kappa shape index (κ1) is 9.41. The highest BCUT2D eigenvalue weighted by Crippen LogP contribution is 2.34. The molecule has 0 aliphatic carbocycles. The first-order valence-corrected chi connectivity index (χ1v) is 5.65. The topological polar surface area (TPSA) is 56.3 Å². The van der Waals surface area contributed by atoms with Crippen LogP contribution in [0.5, 0.6) is 11.5 Å². The fourth-order valence-corrected chi connectivity index (χ4v) is 1.91. The lowest BCUT2D eigenvalue weighted by Gasteiger charge is -2.04. The summed E-state index contributed by atoms with van der Waals surface area (Å²) in [5.74, 6) is 1.57. The Morgan fingerprint density at radius 1 is 1.31 bits per heavy atom. The van der Waals surface area contributed by atoms with Crippen molar-refractivity contribution in [3.05, 3.63) is 29.3 Å². The van der Waals surface area contributed by atoms with Crippen molar-refractivity contribution in [1.82, 2.24) is 9.59 Å². The highest BCUT2D eigenvalue weighted by atomic mass is 32.1. The van der Waals surface area contributed by atoms with Gasteiger partial charge in [-0.3, -0.25) is 0 Å². The van der Waals surface area contributed by atoms with E-state index in [-0.39, 0.29) is 0 Å². The number of hydrogen-bond acceptors (Lipinski definition) is 6. The van der Waals surface area contributed by atoms with E-state index in [2.05, 4.69) is 14.9 Å². The lowest BCUT2D eigenvalue weighted by molar-refractivity contribution is 0.174. The predicted molar refractivity (Wildman–Crippen MR) is 59.8 cm³/mol. The molecule has 1 N–H and O–H groups in total. The molecule has 0 bridgehead atoms. The van der Waals surface area contributed by atoms with Gasteiger partial charge in [-0.25, -0.2) is 0 Å². The normalized spacial score (nSPS) is 12.8. The van der Waals surface area contributed by atoms with Crippen molar-refractivity contribution < 1.29 is 9.47 Å². The standard InChI is InChI=1S/C10H9N3O2S/c1-2-9-10(15-6-14-9)3-7(1)11-4-8-5-16-13-12-8/h1-3,5,11H,4,6H2. The third-order valence-corrected chi connectivity index (χ3v) is 2.80.